The Balaban J connectivity index is -0.000000178. The van der Waals surface area contributed by atoms with Crippen LogP contribution in [0.2, 0.25) is 0 Å². The summed E-state index contributed by atoms with van der Waals surface area (Å²) >= 11 is 5.97. The first kappa shape index (κ1) is 96.0. The molecular weight excluding hydrogens is 1240 g/mol. The van der Waals surface area contributed by atoms with Crippen molar-refractivity contribution in [2.75, 3.05) is 49.0 Å². The lowest BCUT2D eigenvalue weighted by Crippen LogP contribution is -2.49. The number of rotatable bonds is 11. The Morgan fingerprint density at radius 1 is 0.611 bits per heavy atom. The van der Waals surface area contributed by atoms with Gasteiger partial charge < -0.3 is 39.5 Å². The van der Waals surface area contributed by atoms with E-state index in [0.29, 0.717) is 44.5 Å². The predicted molar refractivity (Wildman–Crippen MR) is 356 cm³/mol. The van der Waals surface area contributed by atoms with Gasteiger partial charge in [-0.15, -0.1) is 12.4 Å². The van der Waals surface area contributed by atoms with Gasteiger partial charge in [-0.05, 0) is 184 Å². The maximum atomic E-state index is 11.5. The summed E-state index contributed by atoms with van der Waals surface area (Å²) in [6, 6.07) is 0. The summed E-state index contributed by atoms with van der Waals surface area (Å²) in [6.45, 7) is 46.5. The second-order valence-electron chi connectivity index (χ2n) is 22.7. The number of nitrogens with zero attached hydrogens (tertiary/aromatic N) is 9. The molecule has 18 N–H and O–H groups in total. The van der Waals surface area contributed by atoms with Gasteiger partial charge in [-0.1, -0.05) is 18.7 Å². The number of nitrogens with two attached hydrogens (primary N) is 4. The van der Waals surface area contributed by atoms with Gasteiger partial charge >= 0.3 is 36.6 Å². The van der Waals surface area contributed by atoms with Crippen LogP contribution in [-0.2, 0) is 33.2 Å². The Bertz CT molecular complexity index is 2270. The second-order valence-corrected chi connectivity index (χ2v) is 23.9. The molecule has 0 aliphatic heterocycles. The van der Waals surface area contributed by atoms with Crippen LogP contribution in [0.15, 0.2) is 17.8 Å². The van der Waals surface area contributed by atoms with Crippen molar-refractivity contribution in [3.63, 3.8) is 0 Å². The third-order valence-corrected chi connectivity index (χ3v) is 8.22. The minimum Gasteiger partial charge on any atom is -0.444 e. The second kappa shape index (κ2) is 51.1. The van der Waals surface area contributed by atoms with E-state index in [0.717, 1.165) is 13.0 Å². The lowest BCUT2D eigenvalue weighted by atomic mass is 10.2. The number of nitrogens with one attached hydrogen (secondary N) is 10. The Kier molecular flexibility index (Phi) is 54.5. The molecule has 0 radical (unpaired) electrons. The van der Waals surface area contributed by atoms with E-state index in [2.05, 4.69) is 68.3 Å². The number of hydrazine groups is 6. The van der Waals surface area contributed by atoms with Crippen LogP contribution in [0.1, 0.15) is 173 Å². The number of amidine groups is 1. The van der Waals surface area contributed by atoms with Crippen LogP contribution >= 0.6 is 36.4 Å². The van der Waals surface area contributed by atoms with Gasteiger partial charge in [0.1, 0.15) is 46.3 Å². The fourth-order valence-electron chi connectivity index (χ4n) is 4.27. The SMILES string of the molecule is C/C=N/NC(=O)OC(C)(C)C.CC(C)(C)OC(=O)NN.CCCNC(=O)OC(C)(C)C.CCN(N)c1ncn[nH]1.CCN(NC(=O)OC(C)(C)C)C(=N)SC.CCN(NC(=O)OC(C)(C)C)C(N)=S.CCN(NC(=O)OC(C)(C)C)c1ncn[nH]1.Cl.NNC=O. The van der Waals surface area contributed by atoms with Crippen LogP contribution in [-0.4, -0.2) is 172 Å². The van der Waals surface area contributed by atoms with Gasteiger partial charge in [0.05, 0.1) is 0 Å². The number of alkyl carbamates (subject to hydrolysis) is 1. The molecule has 90 heavy (non-hydrogen) atoms. The zero-order valence-corrected chi connectivity index (χ0v) is 59.9. The Morgan fingerprint density at radius 3 is 1.24 bits per heavy atom. The third-order valence-electron chi connectivity index (χ3n) is 7.39. The number of amides is 7. The number of halogens is 1. The summed E-state index contributed by atoms with van der Waals surface area (Å²) < 4.78 is 29.8. The van der Waals surface area contributed by atoms with Crippen molar-refractivity contribution >= 4 is 108 Å². The highest BCUT2D eigenvalue weighted by atomic mass is 35.5. The number of aromatic amines is 2. The maximum absolute atomic E-state index is 11.5. The van der Waals surface area contributed by atoms with Gasteiger partial charge in [-0.25, -0.2) is 78.2 Å². The van der Waals surface area contributed by atoms with Gasteiger partial charge in [-0.2, -0.15) is 25.3 Å². The lowest BCUT2D eigenvalue weighted by Gasteiger charge is -2.25. The van der Waals surface area contributed by atoms with E-state index < -0.39 is 64.1 Å². The predicted octanol–water partition coefficient (Wildman–Crippen LogP) is 6.46. The molecule has 526 valence electrons. The molecule has 0 unspecified atom stereocenters. The van der Waals surface area contributed by atoms with Crippen LogP contribution in [0.4, 0.5) is 40.7 Å². The number of hydrazone groups is 1. The molecule has 39 heteroatoms. The number of thioether (sulfide) groups is 1. The largest absolute Gasteiger partial charge is 0.444 e. The molecule has 7 amide bonds. The van der Waals surface area contributed by atoms with Crippen molar-refractivity contribution < 1.29 is 62.0 Å². The average molecular weight is 1350 g/mol. The monoisotopic (exact) mass is 1350 g/mol. The molecule has 0 aliphatic rings. The van der Waals surface area contributed by atoms with E-state index in [4.69, 9.17) is 68.3 Å². The van der Waals surface area contributed by atoms with E-state index in [9.17, 15) is 28.8 Å². The number of H-pyrrole nitrogens is 2. The fraction of sp³-hybridized carbons (Fsp3) is 0.725. The van der Waals surface area contributed by atoms with E-state index in [1.54, 1.807) is 122 Å². The first-order valence-electron chi connectivity index (χ1n) is 27.6. The molecule has 0 saturated carbocycles. The molecule has 0 spiro atoms. The van der Waals surface area contributed by atoms with Crippen molar-refractivity contribution in [1.82, 2.24) is 78.3 Å². The molecule has 0 aliphatic carbocycles. The van der Waals surface area contributed by atoms with E-state index in [1.165, 1.54) is 50.7 Å². The summed E-state index contributed by atoms with van der Waals surface area (Å²) in [7, 11) is 0. The molecule has 2 rings (SSSR count). The first-order valence-corrected chi connectivity index (χ1v) is 29.2. The Hall–Kier alpha value is -7.68. The summed E-state index contributed by atoms with van der Waals surface area (Å²) in [5.74, 6) is 15.7. The first-order chi connectivity index (χ1) is 40.6. The summed E-state index contributed by atoms with van der Waals surface area (Å²) in [5, 5.41) is 32.4. The Labute approximate surface area is 547 Å². The van der Waals surface area contributed by atoms with Gasteiger partial charge in [0.25, 0.3) is 0 Å². The van der Waals surface area contributed by atoms with Crippen molar-refractivity contribution in [2.45, 2.75) is 206 Å². The van der Waals surface area contributed by atoms with E-state index >= 15 is 0 Å². The zero-order valence-electron chi connectivity index (χ0n) is 57.4. The maximum Gasteiger partial charge on any atom is 0.428 e. The lowest BCUT2D eigenvalue weighted by molar-refractivity contribution is -0.109. The van der Waals surface area contributed by atoms with Crippen molar-refractivity contribution in [2.24, 2.45) is 28.4 Å². The topological polar surface area (TPSA) is 495 Å². The highest BCUT2D eigenvalue weighted by Crippen LogP contribution is 2.11. The van der Waals surface area contributed by atoms with Crippen LogP contribution in [0, 0.1) is 5.41 Å². The van der Waals surface area contributed by atoms with Crippen molar-refractivity contribution in [1.29, 1.82) is 5.41 Å². The number of anilines is 2. The van der Waals surface area contributed by atoms with Crippen LogP contribution < -0.4 is 71.2 Å². The summed E-state index contributed by atoms with van der Waals surface area (Å²) in [5.41, 5.74) is 15.7. The van der Waals surface area contributed by atoms with Gasteiger partial charge in [0.2, 0.25) is 18.3 Å². The van der Waals surface area contributed by atoms with Gasteiger partial charge in [0.15, 0.2) is 10.3 Å². The summed E-state index contributed by atoms with van der Waals surface area (Å²) in [6.07, 6.45) is 4.28. The number of thiocarbonyl (C=S) groups is 1. The number of carbonyl (C=O) groups is 7. The van der Waals surface area contributed by atoms with E-state index in [1.807, 2.05) is 60.8 Å². The molecule has 2 aromatic heterocycles. The normalized spacial score (nSPS) is 10.4. The fourth-order valence-corrected chi connectivity index (χ4v) is 4.84. The molecule has 2 heterocycles. The number of ether oxygens (including phenoxy) is 6. The van der Waals surface area contributed by atoms with Crippen LogP contribution in [0.3, 0.4) is 0 Å². The molecule has 2 aromatic rings. The number of carbonyl (C=O) groups excluding carboxylic acids is 7. The number of aromatic nitrogens is 6. The Morgan fingerprint density at radius 2 is 0.967 bits per heavy atom. The molecule has 36 nitrogen and oxygen atoms in total. The number of hydrogen-bond acceptors (Lipinski definition) is 26. The zero-order chi connectivity index (χ0) is 71.0. The standard InChI is InChI=1S/C9H17N5O2.C9H19N3O2S.C8H17N3O2S.C8H17NO2.C7H14N2O2.C5H12N2O2.C4H9N5.CH4N2O.ClH/c1-5-14(7-10-6-11-12-7)13-8(15)16-9(2,3)4;1-6-12(7(10)15-5)11-8(13)14-9(2,3)4;1-5-11(6(9)14)10-7(12)13-8(2,3)4;1-5-6-9-7(10)11-8(2,3)4;1-5-8-9-6(10)11-7(2,3)4;1-5(2,3)9-4(8)7-6;1-2-9(5)4-6-3-7-8-4;2-3-1-4;/h6H,5H2,1-4H3,(H,13,15)(H,10,11,12);10H,6H2,1-5H3,(H,11,13);5H2,1-4H3,(H2,9,14)(H,10,12);5-6H2,1-4H3,(H,9,10);5H,1-4H3,(H,9,10);6H2,1-3H3,(H,7,8);3H,2,5H2,1H3,(H,6,7,8);1H,2H2,(H,3,4);1H/b;;;;8-5+;;;;. The molecule has 0 atom stereocenters. The summed E-state index contributed by atoms with van der Waals surface area (Å²) in [4.78, 5) is 82.8. The van der Waals surface area contributed by atoms with Crippen LogP contribution in [0.5, 0.6) is 0 Å². The third kappa shape index (κ3) is 69.4. The minimum atomic E-state index is -0.609. The molecule has 0 fully saturated rings. The highest BCUT2D eigenvalue weighted by Gasteiger charge is 2.22. The average Bonchev–Trinajstić information content (AvgIpc) is 4.35. The number of hydrogen-bond donors (Lipinski definition) is 14. The van der Waals surface area contributed by atoms with E-state index in [-0.39, 0.29) is 28.8 Å². The molecule has 0 saturated heterocycles. The molecule has 0 aromatic carbocycles. The van der Waals surface area contributed by atoms with Crippen molar-refractivity contribution in [3.05, 3.63) is 12.7 Å². The van der Waals surface area contributed by atoms with Crippen molar-refractivity contribution in [3.8, 4) is 0 Å². The quantitative estimate of drug-likeness (QED) is 0.0168. The highest BCUT2D eigenvalue weighted by molar-refractivity contribution is 8.13. The van der Waals surface area contributed by atoms with Gasteiger partial charge in [0, 0.05) is 38.9 Å². The van der Waals surface area contributed by atoms with Crippen LogP contribution in [0.25, 0.3) is 0 Å². The van der Waals surface area contributed by atoms with Gasteiger partial charge in [-0.3, -0.25) is 41.1 Å². The molecular formula is C51H110ClN23O13S2. The smallest absolute Gasteiger partial charge is 0.428 e. The minimum absolute atomic E-state index is 0. The molecule has 0 bridgehead atoms.